The molecule has 5 heteroatoms. The molecule has 1 saturated carbocycles. The highest BCUT2D eigenvalue weighted by Crippen LogP contribution is 2.40. The van der Waals surface area contributed by atoms with Gasteiger partial charge in [-0.3, -0.25) is 4.99 Å². The molecule has 1 aromatic rings. The number of aliphatic imine (C=N–C) groups is 1. The molecule has 124 valence electrons. The van der Waals surface area contributed by atoms with Crippen LogP contribution in [0.3, 0.4) is 0 Å². The molecule has 1 aliphatic rings. The third-order valence-corrected chi connectivity index (χ3v) is 5.82. The van der Waals surface area contributed by atoms with Crippen molar-refractivity contribution in [2.45, 2.75) is 58.8 Å². The van der Waals surface area contributed by atoms with E-state index >= 15 is 0 Å². The van der Waals surface area contributed by atoms with Gasteiger partial charge >= 0.3 is 0 Å². The van der Waals surface area contributed by atoms with Gasteiger partial charge in [0, 0.05) is 37.6 Å². The van der Waals surface area contributed by atoms with E-state index in [2.05, 4.69) is 39.8 Å². The van der Waals surface area contributed by atoms with Crippen molar-refractivity contribution < 1.29 is 0 Å². The van der Waals surface area contributed by atoms with Crippen molar-refractivity contribution in [3.05, 3.63) is 16.1 Å². The monoisotopic (exact) mass is 322 g/mol. The third kappa shape index (κ3) is 4.97. The van der Waals surface area contributed by atoms with Crippen LogP contribution in [0.25, 0.3) is 0 Å². The molecule has 0 atom stereocenters. The summed E-state index contributed by atoms with van der Waals surface area (Å²) in [6, 6.07) is 0. The standard InChI is InChI=1S/C17H30N4S/c1-4-17(9-5-6-10-17)13-20-16(18-3)19-11-7-8-15-21-14(2)12-22-15/h12H,4-11,13H2,1-3H3,(H2,18,19,20). The van der Waals surface area contributed by atoms with Crippen LogP contribution in [0.1, 0.15) is 56.2 Å². The lowest BCUT2D eigenvalue weighted by molar-refractivity contribution is 0.283. The van der Waals surface area contributed by atoms with Crippen LogP contribution >= 0.6 is 11.3 Å². The van der Waals surface area contributed by atoms with Gasteiger partial charge in [-0.05, 0) is 38.0 Å². The van der Waals surface area contributed by atoms with E-state index in [0.717, 1.165) is 37.6 Å². The molecule has 0 spiro atoms. The number of nitrogens with one attached hydrogen (secondary N) is 2. The third-order valence-electron chi connectivity index (χ3n) is 4.80. The van der Waals surface area contributed by atoms with Crippen LogP contribution in [-0.4, -0.2) is 31.1 Å². The molecule has 2 rings (SSSR count). The minimum atomic E-state index is 0.496. The molecule has 0 radical (unpaired) electrons. The van der Waals surface area contributed by atoms with Gasteiger partial charge in [-0.1, -0.05) is 19.8 Å². The molecular formula is C17H30N4S. The van der Waals surface area contributed by atoms with Crippen molar-refractivity contribution >= 4 is 17.3 Å². The van der Waals surface area contributed by atoms with Crippen molar-refractivity contribution in [3.8, 4) is 0 Å². The van der Waals surface area contributed by atoms with E-state index < -0.39 is 0 Å². The normalized spacial score (nSPS) is 17.7. The molecule has 0 saturated heterocycles. The van der Waals surface area contributed by atoms with Crippen molar-refractivity contribution in [1.29, 1.82) is 0 Å². The summed E-state index contributed by atoms with van der Waals surface area (Å²) in [7, 11) is 1.85. The molecule has 1 aliphatic carbocycles. The highest BCUT2D eigenvalue weighted by atomic mass is 32.1. The Hall–Kier alpha value is -1.10. The average molecular weight is 323 g/mol. The minimum absolute atomic E-state index is 0.496. The maximum Gasteiger partial charge on any atom is 0.190 e. The summed E-state index contributed by atoms with van der Waals surface area (Å²) in [4.78, 5) is 8.85. The molecule has 0 bridgehead atoms. The smallest absolute Gasteiger partial charge is 0.190 e. The van der Waals surface area contributed by atoms with Crippen molar-refractivity contribution in [3.63, 3.8) is 0 Å². The van der Waals surface area contributed by atoms with Crippen LogP contribution < -0.4 is 10.6 Å². The molecule has 2 N–H and O–H groups in total. The van der Waals surface area contributed by atoms with Gasteiger partial charge in [-0.2, -0.15) is 0 Å². The summed E-state index contributed by atoms with van der Waals surface area (Å²) in [6.07, 6.45) is 8.88. The SMILES string of the molecule is CCC1(CNC(=NC)NCCCc2nc(C)cs2)CCCC1. The van der Waals surface area contributed by atoms with Crippen LogP contribution in [-0.2, 0) is 6.42 Å². The molecule has 4 nitrogen and oxygen atoms in total. The molecule has 0 aliphatic heterocycles. The number of rotatable bonds is 7. The van der Waals surface area contributed by atoms with Crippen LogP contribution in [0, 0.1) is 12.3 Å². The summed E-state index contributed by atoms with van der Waals surface area (Å²) < 4.78 is 0. The Balaban J connectivity index is 1.66. The average Bonchev–Trinajstić information content (AvgIpc) is 3.16. The zero-order valence-electron chi connectivity index (χ0n) is 14.2. The van der Waals surface area contributed by atoms with E-state index in [9.17, 15) is 0 Å². The van der Waals surface area contributed by atoms with E-state index in [-0.39, 0.29) is 0 Å². The lowest BCUT2D eigenvalue weighted by Gasteiger charge is -2.28. The van der Waals surface area contributed by atoms with Crippen LogP contribution in [0.5, 0.6) is 0 Å². The zero-order valence-corrected chi connectivity index (χ0v) is 15.1. The second-order valence-corrected chi connectivity index (χ2v) is 7.34. The first-order chi connectivity index (χ1) is 10.7. The van der Waals surface area contributed by atoms with Crippen molar-refractivity contribution in [2.24, 2.45) is 10.4 Å². The maximum atomic E-state index is 4.50. The predicted octanol–water partition coefficient (Wildman–Crippen LogP) is 3.52. The number of nitrogens with zero attached hydrogens (tertiary/aromatic N) is 2. The summed E-state index contributed by atoms with van der Waals surface area (Å²) in [5.41, 5.74) is 1.63. The molecule has 22 heavy (non-hydrogen) atoms. The second kappa shape index (κ2) is 8.51. The van der Waals surface area contributed by atoms with E-state index in [4.69, 9.17) is 0 Å². The zero-order chi connectivity index (χ0) is 15.8. The van der Waals surface area contributed by atoms with E-state index in [1.807, 2.05) is 7.05 Å². The number of aryl methyl sites for hydroxylation is 2. The summed E-state index contributed by atoms with van der Waals surface area (Å²) in [5, 5.41) is 10.3. The Bertz CT molecular complexity index is 475. The molecule has 1 fully saturated rings. The fourth-order valence-corrected chi connectivity index (χ4v) is 4.05. The molecule has 0 aromatic carbocycles. The topological polar surface area (TPSA) is 49.3 Å². The quantitative estimate of drug-likeness (QED) is 0.459. The predicted molar refractivity (Wildman–Crippen MR) is 95.7 cm³/mol. The first-order valence-corrected chi connectivity index (χ1v) is 9.41. The number of hydrogen-bond acceptors (Lipinski definition) is 3. The Morgan fingerprint density at radius 2 is 2.14 bits per heavy atom. The van der Waals surface area contributed by atoms with Crippen molar-refractivity contribution in [2.75, 3.05) is 20.1 Å². The fraction of sp³-hybridized carbons (Fsp3) is 0.765. The first kappa shape index (κ1) is 17.3. The van der Waals surface area contributed by atoms with E-state index in [1.54, 1.807) is 11.3 Å². The van der Waals surface area contributed by atoms with Gasteiger partial charge in [0.05, 0.1) is 5.01 Å². The Labute approximate surface area is 138 Å². The fourth-order valence-electron chi connectivity index (χ4n) is 3.24. The number of thiazole rings is 1. The van der Waals surface area contributed by atoms with E-state index in [0.29, 0.717) is 5.41 Å². The van der Waals surface area contributed by atoms with Crippen LogP contribution in [0.15, 0.2) is 10.4 Å². The van der Waals surface area contributed by atoms with E-state index in [1.165, 1.54) is 37.1 Å². The van der Waals surface area contributed by atoms with Gasteiger partial charge in [0.2, 0.25) is 0 Å². The maximum absolute atomic E-state index is 4.50. The largest absolute Gasteiger partial charge is 0.356 e. The Morgan fingerprint density at radius 3 is 2.73 bits per heavy atom. The van der Waals surface area contributed by atoms with Gasteiger partial charge in [0.25, 0.3) is 0 Å². The Morgan fingerprint density at radius 1 is 1.36 bits per heavy atom. The molecule has 0 unspecified atom stereocenters. The minimum Gasteiger partial charge on any atom is -0.356 e. The van der Waals surface area contributed by atoms with Gasteiger partial charge in [0.15, 0.2) is 5.96 Å². The van der Waals surface area contributed by atoms with Gasteiger partial charge < -0.3 is 10.6 Å². The number of guanidine groups is 1. The second-order valence-electron chi connectivity index (χ2n) is 6.40. The van der Waals surface area contributed by atoms with Crippen LogP contribution in [0.2, 0.25) is 0 Å². The molecule has 1 heterocycles. The molecule has 0 amide bonds. The lowest BCUT2D eigenvalue weighted by Crippen LogP contribution is -2.43. The summed E-state index contributed by atoms with van der Waals surface area (Å²) in [6.45, 7) is 6.36. The van der Waals surface area contributed by atoms with Crippen molar-refractivity contribution in [1.82, 2.24) is 15.6 Å². The lowest BCUT2D eigenvalue weighted by atomic mass is 9.83. The van der Waals surface area contributed by atoms with Gasteiger partial charge in [-0.25, -0.2) is 4.98 Å². The number of hydrogen-bond donors (Lipinski definition) is 2. The summed E-state index contributed by atoms with van der Waals surface area (Å²) >= 11 is 1.76. The van der Waals surface area contributed by atoms with Gasteiger partial charge in [-0.15, -0.1) is 11.3 Å². The highest BCUT2D eigenvalue weighted by Gasteiger charge is 2.31. The summed E-state index contributed by atoms with van der Waals surface area (Å²) in [5.74, 6) is 0.940. The Kier molecular flexibility index (Phi) is 6.68. The van der Waals surface area contributed by atoms with Crippen LogP contribution in [0.4, 0.5) is 0 Å². The molecular weight excluding hydrogens is 292 g/mol. The number of aromatic nitrogens is 1. The van der Waals surface area contributed by atoms with Gasteiger partial charge in [0.1, 0.15) is 0 Å². The highest BCUT2D eigenvalue weighted by molar-refractivity contribution is 7.09. The first-order valence-electron chi connectivity index (χ1n) is 8.53. The molecule has 1 aromatic heterocycles.